The zero-order valence-corrected chi connectivity index (χ0v) is 18.3. The predicted octanol–water partition coefficient (Wildman–Crippen LogP) is 6.50. The van der Waals surface area contributed by atoms with Gasteiger partial charge in [-0.1, -0.05) is 36.4 Å². The first-order valence-corrected chi connectivity index (χ1v) is 10.4. The summed E-state index contributed by atoms with van der Waals surface area (Å²) in [5.41, 5.74) is 3.75. The highest BCUT2D eigenvalue weighted by molar-refractivity contribution is 5.96. The lowest BCUT2D eigenvalue weighted by molar-refractivity contribution is 0.0547. The van der Waals surface area contributed by atoms with Gasteiger partial charge in [0.15, 0.2) is 0 Å². The zero-order chi connectivity index (χ0) is 22.7. The first-order chi connectivity index (χ1) is 15.4. The number of aromatic nitrogens is 2. The number of nitrogens with zero attached hydrogens (tertiary/aromatic N) is 2. The minimum atomic E-state index is -0.614. The van der Waals surface area contributed by atoms with Crippen LogP contribution in [0.1, 0.15) is 20.8 Å². The van der Waals surface area contributed by atoms with E-state index in [1.165, 1.54) is 0 Å². The standard InChI is InChI=1S/C26H25FN2O3/c1-26(2,3)32-25(30)29-23(16-21-12-14-28-17-24(21)29)20-6-4-18(5-7-20)19-8-10-22(11-9-19)31-15-13-27/h4-12,14,16-17H,13,15H2,1-3H3. The zero-order valence-electron chi connectivity index (χ0n) is 18.3. The molecule has 0 bridgehead atoms. The van der Waals surface area contributed by atoms with Crippen molar-refractivity contribution in [3.05, 3.63) is 73.1 Å². The minimum Gasteiger partial charge on any atom is -0.491 e. The summed E-state index contributed by atoms with van der Waals surface area (Å²) in [6, 6.07) is 19.3. The first kappa shape index (κ1) is 21.6. The molecule has 32 heavy (non-hydrogen) atoms. The molecule has 0 saturated carbocycles. The van der Waals surface area contributed by atoms with E-state index in [9.17, 15) is 9.18 Å². The van der Waals surface area contributed by atoms with Crippen molar-refractivity contribution in [1.82, 2.24) is 9.55 Å². The summed E-state index contributed by atoms with van der Waals surface area (Å²) in [6.45, 7) is 5.07. The Hall–Kier alpha value is -3.67. The fourth-order valence-corrected chi connectivity index (χ4v) is 3.50. The number of ether oxygens (including phenoxy) is 2. The molecule has 0 radical (unpaired) electrons. The third kappa shape index (κ3) is 4.64. The molecule has 4 rings (SSSR count). The van der Waals surface area contributed by atoms with Crippen molar-refractivity contribution in [1.29, 1.82) is 0 Å². The van der Waals surface area contributed by atoms with Crippen molar-refractivity contribution in [2.75, 3.05) is 13.3 Å². The number of pyridine rings is 1. The van der Waals surface area contributed by atoms with Crippen LogP contribution in [-0.4, -0.2) is 34.5 Å². The molecule has 0 atom stereocenters. The van der Waals surface area contributed by atoms with E-state index in [4.69, 9.17) is 9.47 Å². The molecule has 2 heterocycles. The van der Waals surface area contributed by atoms with Crippen LogP contribution < -0.4 is 4.74 Å². The number of fused-ring (bicyclic) bond motifs is 1. The number of carbonyl (C=O) groups excluding carboxylic acids is 1. The molecule has 5 nitrogen and oxygen atoms in total. The Morgan fingerprint density at radius 2 is 1.59 bits per heavy atom. The van der Waals surface area contributed by atoms with E-state index >= 15 is 0 Å². The molecule has 0 amide bonds. The lowest BCUT2D eigenvalue weighted by Gasteiger charge is -2.21. The SMILES string of the molecule is CC(C)(C)OC(=O)n1c(-c2ccc(-c3ccc(OCCF)cc3)cc2)cc2ccncc21. The molecule has 0 aliphatic rings. The van der Waals surface area contributed by atoms with E-state index < -0.39 is 18.4 Å². The van der Waals surface area contributed by atoms with E-state index in [0.29, 0.717) is 11.3 Å². The van der Waals surface area contributed by atoms with Gasteiger partial charge in [-0.2, -0.15) is 0 Å². The minimum absolute atomic E-state index is 0.0508. The highest BCUT2D eigenvalue weighted by Gasteiger charge is 2.23. The second-order valence-electron chi connectivity index (χ2n) is 8.42. The second kappa shape index (κ2) is 8.83. The van der Waals surface area contributed by atoms with Crippen molar-refractivity contribution in [2.45, 2.75) is 26.4 Å². The Bertz CT molecular complexity index is 1220. The van der Waals surface area contributed by atoms with Gasteiger partial charge in [-0.25, -0.2) is 13.8 Å². The Kier molecular flexibility index (Phi) is 5.95. The van der Waals surface area contributed by atoms with Gasteiger partial charge >= 0.3 is 6.09 Å². The number of halogens is 1. The fraction of sp³-hybridized carbons (Fsp3) is 0.231. The molecule has 2 aromatic carbocycles. The number of rotatable bonds is 5. The molecular weight excluding hydrogens is 407 g/mol. The Balaban J connectivity index is 1.67. The van der Waals surface area contributed by atoms with Crippen LogP contribution in [-0.2, 0) is 4.74 Å². The van der Waals surface area contributed by atoms with Crippen molar-refractivity contribution in [2.24, 2.45) is 0 Å². The number of hydrogen-bond donors (Lipinski definition) is 0. The number of hydrogen-bond acceptors (Lipinski definition) is 4. The molecule has 0 aliphatic carbocycles. The summed E-state index contributed by atoms with van der Waals surface area (Å²) >= 11 is 0. The predicted molar refractivity (Wildman–Crippen MR) is 124 cm³/mol. The summed E-state index contributed by atoms with van der Waals surface area (Å²) in [4.78, 5) is 17.2. The smallest absolute Gasteiger partial charge is 0.419 e. The molecule has 0 spiro atoms. The number of alkyl halides is 1. The normalized spacial score (nSPS) is 11.5. The fourth-order valence-electron chi connectivity index (χ4n) is 3.50. The molecule has 6 heteroatoms. The molecule has 0 unspecified atom stereocenters. The topological polar surface area (TPSA) is 53.4 Å². The van der Waals surface area contributed by atoms with Crippen LogP contribution in [0.2, 0.25) is 0 Å². The van der Waals surface area contributed by atoms with Gasteiger partial charge in [0.25, 0.3) is 0 Å². The highest BCUT2D eigenvalue weighted by atomic mass is 19.1. The number of benzene rings is 2. The van der Waals surface area contributed by atoms with Crippen molar-refractivity contribution >= 4 is 17.0 Å². The first-order valence-electron chi connectivity index (χ1n) is 10.4. The Labute approximate surface area is 186 Å². The third-order valence-corrected chi connectivity index (χ3v) is 4.90. The van der Waals surface area contributed by atoms with Gasteiger partial charge in [-0.3, -0.25) is 4.98 Å². The monoisotopic (exact) mass is 432 g/mol. The van der Waals surface area contributed by atoms with E-state index in [0.717, 1.165) is 27.8 Å². The molecule has 2 aromatic heterocycles. The van der Waals surface area contributed by atoms with Gasteiger partial charge in [0.05, 0.1) is 17.4 Å². The maximum atomic E-state index is 13.0. The van der Waals surface area contributed by atoms with Crippen molar-refractivity contribution < 1.29 is 18.7 Å². The van der Waals surface area contributed by atoms with E-state index in [1.54, 1.807) is 17.0 Å². The molecule has 4 aromatic rings. The van der Waals surface area contributed by atoms with Crippen molar-refractivity contribution in [3.63, 3.8) is 0 Å². The largest absolute Gasteiger partial charge is 0.491 e. The summed E-state index contributed by atoms with van der Waals surface area (Å²) < 4.78 is 24.8. The second-order valence-corrected chi connectivity index (χ2v) is 8.42. The summed E-state index contributed by atoms with van der Waals surface area (Å²) in [7, 11) is 0. The van der Waals surface area contributed by atoms with Gasteiger partial charge in [-0.15, -0.1) is 0 Å². The Morgan fingerprint density at radius 1 is 0.969 bits per heavy atom. The molecule has 0 N–H and O–H groups in total. The van der Waals surface area contributed by atoms with Crippen LogP contribution in [0, 0.1) is 0 Å². The molecule has 164 valence electrons. The summed E-state index contributed by atoms with van der Waals surface area (Å²) in [5, 5.41) is 0.911. The van der Waals surface area contributed by atoms with Crippen LogP contribution in [0.5, 0.6) is 5.75 Å². The average Bonchev–Trinajstić information content (AvgIpc) is 3.17. The quantitative estimate of drug-likeness (QED) is 0.361. The van der Waals surface area contributed by atoms with E-state index in [-0.39, 0.29) is 6.61 Å². The summed E-state index contributed by atoms with van der Waals surface area (Å²) in [6.07, 6.45) is 2.93. The van der Waals surface area contributed by atoms with Crippen molar-refractivity contribution in [3.8, 4) is 28.1 Å². The van der Waals surface area contributed by atoms with Gasteiger partial charge in [0.2, 0.25) is 0 Å². The average molecular weight is 432 g/mol. The lowest BCUT2D eigenvalue weighted by atomic mass is 10.0. The highest BCUT2D eigenvalue weighted by Crippen LogP contribution is 2.31. The maximum absolute atomic E-state index is 13.0. The maximum Gasteiger partial charge on any atom is 0.419 e. The van der Waals surface area contributed by atoms with Crippen LogP contribution in [0.25, 0.3) is 33.3 Å². The number of carbonyl (C=O) groups is 1. The molecular formula is C26H25FN2O3. The summed E-state index contributed by atoms with van der Waals surface area (Å²) in [5.74, 6) is 0.638. The van der Waals surface area contributed by atoms with Crippen LogP contribution in [0.3, 0.4) is 0 Å². The van der Waals surface area contributed by atoms with Crippen LogP contribution in [0.4, 0.5) is 9.18 Å². The van der Waals surface area contributed by atoms with Gasteiger partial charge in [0, 0.05) is 11.6 Å². The third-order valence-electron chi connectivity index (χ3n) is 4.90. The molecule has 0 fully saturated rings. The van der Waals surface area contributed by atoms with E-state index in [1.807, 2.05) is 81.4 Å². The lowest BCUT2D eigenvalue weighted by Crippen LogP contribution is -2.27. The van der Waals surface area contributed by atoms with Crippen LogP contribution >= 0.6 is 0 Å². The van der Waals surface area contributed by atoms with E-state index in [2.05, 4.69) is 4.98 Å². The van der Waals surface area contributed by atoms with Gasteiger partial charge < -0.3 is 9.47 Å². The molecule has 0 saturated heterocycles. The Morgan fingerprint density at radius 3 is 2.22 bits per heavy atom. The molecule has 0 aliphatic heterocycles. The van der Waals surface area contributed by atoms with Crippen LogP contribution in [0.15, 0.2) is 73.1 Å². The van der Waals surface area contributed by atoms with Gasteiger partial charge in [0.1, 0.15) is 24.6 Å². The van der Waals surface area contributed by atoms with Gasteiger partial charge in [-0.05, 0) is 61.7 Å².